The average molecular weight is 586 g/mol. The zero-order chi connectivity index (χ0) is 26.9. The molecular weight excluding hydrogens is 555 g/mol. The van der Waals surface area contributed by atoms with Crippen molar-refractivity contribution in [1.29, 1.82) is 0 Å². The van der Waals surface area contributed by atoms with E-state index in [0.717, 1.165) is 33.1 Å². The van der Waals surface area contributed by atoms with Gasteiger partial charge in [-0.15, -0.1) is 0 Å². The molecule has 1 aromatic carbocycles. The second-order valence-electron chi connectivity index (χ2n) is 8.39. The molecule has 0 fully saturated rings. The molecule has 2 aromatic heterocycles. The van der Waals surface area contributed by atoms with Crippen LogP contribution in [0.1, 0.15) is 48.3 Å². The van der Waals surface area contributed by atoms with E-state index in [1.165, 1.54) is 18.4 Å². The van der Waals surface area contributed by atoms with Gasteiger partial charge >= 0.3 is 209 Å². The quantitative estimate of drug-likeness (QED) is 0.179. The van der Waals surface area contributed by atoms with Crippen LogP contribution in [0.5, 0.6) is 5.75 Å². The molecule has 3 N–H and O–H groups in total. The number of aromatic hydroxyl groups is 1. The molecule has 0 aliphatic carbocycles. The number of esters is 1. The number of benzene rings is 1. The third kappa shape index (κ3) is 8.13. The Balaban J connectivity index is 1.59. The Bertz CT molecular complexity index is 1260. The molecule has 0 aliphatic rings. The summed E-state index contributed by atoms with van der Waals surface area (Å²) in [5, 5.41) is 15.9. The van der Waals surface area contributed by atoms with E-state index in [-0.39, 0.29) is 34.0 Å². The molecule has 11 heteroatoms. The fourth-order valence-electron chi connectivity index (χ4n) is 3.68. The summed E-state index contributed by atoms with van der Waals surface area (Å²) in [6.45, 7) is 5.27. The topological polar surface area (TPSA) is 131 Å². The van der Waals surface area contributed by atoms with Crippen molar-refractivity contribution in [2.24, 2.45) is 0 Å². The van der Waals surface area contributed by atoms with Gasteiger partial charge in [0.25, 0.3) is 0 Å². The first-order valence-electron chi connectivity index (χ1n) is 11.7. The molecule has 0 aliphatic heterocycles. The number of amides is 2. The van der Waals surface area contributed by atoms with Gasteiger partial charge in [0, 0.05) is 4.88 Å². The Hall–Kier alpha value is -3.23. The molecule has 2 amide bonds. The minimum atomic E-state index is -1.07. The van der Waals surface area contributed by atoms with Crippen LogP contribution in [0.4, 0.5) is 0 Å². The SMILES string of the molecule is COC(=O)[C@H](CNC(=O)c1ccc(C)s1)NC(=O)c1c(C)nc([As]CCCc2cccc(O)c2)nc1C. The van der Waals surface area contributed by atoms with E-state index in [9.17, 15) is 19.5 Å². The number of aryl methyl sites for hydroxylation is 4. The minimum absolute atomic E-state index is 0.116. The number of phenols is 1. The van der Waals surface area contributed by atoms with Gasteiger partial charge in [0.05, 0.1) is 0 Å². The van der Waals surface area contributed by atoms with Gasteiger partial charge in [0.1, 0.15) is 0 Å². The van der Waals surface area contributed by atoms with Gasteiger partial charge in [0.2, 0.25) is 0 Å². The summed E-state index contributed by atoms with van der Waals surface area (Å²) in [5.74, 6) is -1.23. The van der Waals surface area contributed by atoms with Gasteiger partial charge in [-0.2, -0.15) is 0 Å². The molecule has 1 radical (unpaired) electrons. The number of thiophene rings is 1. The molecule has 3 aromatic rings. The van der Waals surface area contributed by atoms with Crippen LogP contribution in [-0.4, -0.2) is 68.3 Å². The first-order valence-corrected chi connectivity index (χ1v) is 14.8. The molecule has 1 atom stereocenters. The summed E-state index contributed by atoms with van der Waals surface area (Å²) in [7, 11) is 1.23. The summed E-state index contributed by atoms with van der Waals surface area (Å²) < 4.78 is 5.56. The number of nitrogens with one attached hydrogen (secondary N) is 2. The number of rotatable bonds is 11. The number of hydrogen-bond acceptors (Lipinski definition) is 8. The van der Waals surface area contributed by atoms with Gasteiger partial charge in [-0.25, -0.2) is 0 Å². The van der Waals surface area contributed by atoms with Crippen LogP contribution in [-0.2, 0) is 16.0 Å². The molecule has 2 heterocycles. The molecule has 0 spiro atoms. The van der Waals surface area contributed by atoms with Crippen LogP contribution in [0.25, 0.3) is 0 Å². The van der Waals surface area contributed by atoms with Crippen molar-refractivity contribution in [3.8, 4) is 5.75 Å². The molecule has 0 unspecified atom stereocenters. The van der Waals surface area contributed by atoms with E-state index >= 15 is 0 Å². The normalized spacial score (nSPS) is 11.9. The Kier molecular flexibility index (Phi) is 10.2. The summed E-state index contributed by atoms with van der Waals surface area (Å²) in [4.78, 5) is 48.4. The Morgan fingerprint density at radius 1 is 1.08 bits per heavy atom. The van der Waals surface area contributed by atoms with E-state index in [2.05, 4.69) is 20.6 Å². The van der Waals surface area contributed by atoms with E-state index < -0.39 is 17.9 Å². The number of hydrogen-bond donors (Lipinski definition) is 3. The second kappa shape index (κ2) is 13.4. The van der Waals surface area contributed by atoms with Crippen LogP contribution >= 0.6 is 11.3 Å². The van der Waals surface area contributed by atoms with Crippen molar-refractivity contribution >= 4 is 49.5 Å². The van der Waals surface area contributed by atoms with Crippen molar-refractivity contribution in [1.82, 2.24) is 20.6 Å². The van der Waals surface area contributed by atoms with Crippen LogP contribution < -0.4 is 15.2 Å². The van der Waals surface area contributed by atoms with Gasteiger partial charge in [0.15, 0.2) is 0 Å². The van der Waals surface area contributed by atoms with E-state index in [1.807, 2.05) is 25.1 Å². The number of carbonyl (C=O) groups excluding carboxylic acids is 3. The maximum atomic E-state index is 13.1. The van der Waals surface area contributed by atoms with Crippen molar-refractivity contribution in [3.63, 3.8) is 0 Å². The standard InChI is InChI=1S/C26H30AsN4O5S/c1-15-10-11-21(37-15)23(33)28-14-20(25(35)36-4)31-24(34)22-16(2)29-26(30-17(22)3)27-12-6-8-18-7-5-9-19(32)13-18/h5,7,9-11,13,20,32H,6,8,12,14H2,1-4H3,(H,28,33)(H,31,34)/t20-/m0/s1. The van der Waals surface area contributed by atoms with Crippen molar-refractivity contribution in [2.75, 3.05) is 13.7 Å². The molecule has 0 saturated carbocycles. The van der Waals surface area contributed by atoms with Gasteiger partial charge in [-0.05, 0) is 13.0 Å². The third-order valence-electron chi connectivity index (χ3n) is 5.50. The Morgan fingerprint density at radius 2 is 1.81 bits per heavy atom. The second-order valence-corrected chi connectivity index (χ2v) is 12.1. The number of methoxy groups -OCH3 is 1. The van der Waals surface area contributed by atoms with Gasteiger partial charge in [-0.3, -0.25) is 0 Å². The van der Waals surface area contributed by atoms with Crippen molar-refractivity contribution in [3.05, 3.63) is 68.7 Å². The third-order valence-corrected chi connectivity index (χ3v) is 8.64. The van der Waals surface area contributed by atoms with Gasteiger partial charge < -0.3 is 0 Å². The molecule has 0 bridgehead atoms. The average Bonchev–Trinajstić information content (AvgIpc) is 3.29. The van der Waals surface area contributed by atoms with Crippen molar-refractivity contribution in [2.45, 2.75) is 44.9 Å². The summed E-state index contributed by atoms with van der Waals surface area (Å²) >= 11 is 1.06. The molecule has 3 rings (SSSR count). The molecular formula is C26H30AsN4O5S. The van der Waals surface area contributed by atoms with E-state index in [4.69, 9.17) is 4.74 Å². The summed E-state index contributed by atoms with van der Waals surface area (Å²) in [6.07, 6.45) is 1.81. The number of aromatic nitrogens is 2. The maximum absolute atomic E-state index is 13.1. The zero-order valence-corrected chi connectivity index (χ0v) is 23.9. The predicted octanol–water partition coefficient (Wildman–Crippen LogP) is 2.25. The van der Waals surface area contributed by atoms with E-state index in [1.54, 1.807) is 32.0 Å². The molecule has 0 saturated heterocycles. The number of phenolic OH excluding ortho intramolecular Hbond substituents is 1. The van der Waals surface area contributed by atoms with Crippen LogP contribution in [0, 0.1) is 20.8 Å². The fraction of sp³-hybridized carbons (Fsp3) is 0.346. The van der Waals surface area contributed by atoms with Crippen LogP contribution in [0.3, 0.4) is 0 Å². The number of ether oxygens (including phenoxy) is 1. The van der Waals surface area contributed by atoms with Crippen molar-refractivity contribution < 1.29 is 24.2 Å². The summed E-state index contributed by atoms with van der Waals surface area (Å²) in [5.41, 5.74) is 2.46. The Morgan fingerprint density at radius 3 is 2.43 bits per heavy atom. The number of nitrogens with zero attached hydrogens (tertiary/aromatic N) is 2. The monoisotopic (exact) mass is 585 g/mol. The molecule has 37 heavy (non-hydrogen) atoms. The predicted molar refractivity (Wildman–Crippen MR) is 143 cm³/mol. The zero-order valence-electron chi connectivity index (χ0n) is 21.2. The Labute approximate surface area is 226 Å². The first-order chi connectivity index (χ1) is 17.7. The summed E-state index contributed by atoms with van der Waals surface area (Å²) in [6, 6.07) is 9.73. The van der Waals surface area contributed by atoms with Crippen LogP contribution in [0.2, 0.25) is 5.21 Å². The fourth-order valence-corrected chi connectivity index (χ4v) is 6.47. The van der Waals surface area contributed by atoms with Gasteiger partial charge in [-0.1, -0.05) is 0 Å². The number of carbonyl (C=O) groups is 3. The molecule has 195 valence electrons. The molecule has 9 nitrogen and oxygen atoms in total. The first kappa shape index (κ1) is 28.3. The van der Waals surface area contributed by atoms with E-state index in [0.29, 0.717) is 21.8 Å². The van der Waals surface area contributed by atoms with Crippen LogP contribution in [0.15, 0.2) is 36.4 Å².